The van der Waals surface area contributed by atoms with E-state index < -0.39 is 0 Å². The third-order valence-corrected chi connectivity index (χ3v) is 5.86. The van der Waals surface area contributed by atoms with Gasteiger partial charge in [0.2, 0.25) is 0 Å². The van der Waals surface area contributed by atoms with E-state index in [1.165, 1.54) is 57.8 Å². The summed E-state index contributed by atoms with van der Waals surface area (Å²) in [5.41, 5.74) is 0.940. The summed E-state index contributed by atoms with van der Waals surface area (Å²) >= 11 is 0. The van der Waals surface area contributed by atoms with Gasteiger partial charge in [0.05, 0.1) is 23.8 Å². The van der Waals surface area contributed by atoms with Gasteiger partial charge in [0.25, 0.3) is 0 Å². The smallest absolute Gasteiger partial charge is 0.338 e. The van der Waals surface area contributed by atoms with E-state index in [2.05, 4.69) is 13.8 Å². The predicted molar refractivity (Wildman–Crippen MR) is 132 cm³/mol. The number of ether oxygens (including phenoxy) is 2. The second-order valence-corrected chi connectivity index (χ2v) is 8.96. The van der Waals surface area contributed by atoms with E-state index >= 15 is 0 Å². The second kappa shape index (κ2) is 18.7. The van der Waals surface area contributed by atoms with Gasteiger partial charge in [0, 0.05) is 0 Å². The van der Waals surface area contributed by atoms with Crippen LogP contribution in [0.25, 0.3) is 0 Å². The second-order valence-electron chi connectivity index (χ2n) is 8.96. The molecule has 0 heterocycles. The summed E-state index contributed by atoms with van der Waals surface area (Å²) in [5.74, 6) is -0.667. The first kappa shape index (κ1) is 28.2. The molecule has 0 radical (unpaired) electrons. The molecule has 1 aromatic rings. The minimum absolute atomic E-state index is 0.0931. The highest BCUT2D eigenvalue weighted by atomic mass is 16.5. The maximum Gasteiger partial charge on any atom is 0.338 e. The van der Waals surface area contributed by atoms with Gasteiger partial charge in [-0.1, -0.05) is 90.9 Å². The first-order valence-electron chi connectivity index (χ1n) is 13.1. The Morgan fingerprint density at radius 3 is 1.62 bits per heavy atom. The van der Waals surface area contributed by atoms with Crippen LogP contribution in [0.1, 0.15) is 138 Å². The largest absolute Gasteiger partial charge is 0.462 e. The summed E-state index contributed by atoms with van der Waals surface area (Å²) in [5, 5.41) is 0. The highest BCUT2D eigenvalue weighted by molar-refractivity contribution is 5.93. The maximum absolute atomic E-state index is 12.2. The van der Waals surface area contributed by atoms with Gasteiger partial charge in [0.15, 0.2) is 0 Å². The Bertz CT molecular complexity index is 608. The highest BCUT2D eigenvalue weighted by Crippen LogP contribution is 2.13. The molecule has 0 aliphatic rings. The Morgan fingerprint density at radius 2 is 1.09 bits per heavy atom. The fraction of sp³-hybridized carbons (Fsp3) is 0.714. The lowest BCUT2D eigenvalue weighted by Gasteiger charge is -2.13. The Morgan fingerprint density at radius 1 is 0.656 bits per heavy atom. The number of esters is 2. The van der Waals surface area contributed by atoms with Gasteiger partial charge >= 0.3 is 11.9 Å². The number of carbonyl (C=O) groups is 2. The number of carbonyl (C=O) groups excluding carboxylic acids is 2. The summed E-state index contributed by atoms with van der Waals surface area (Å²) in [6, 6.07) is 6.56. The molecular weight excluding hydrogens is 400 g/mol. The van der Waals surface area contributed by atoms with Crippen LogP contribution in [0.4, 0.5) is 0 Å². The average molecular weight is 447 g/mol. The average Bonchev–Trinajstić information content (AvgIpc) is 2.80. The first-order chi connectivity index (χ1) is 15.6. The van der Waals surface area contributed by atoms with E-state index in [9.17, 15) is 9.59 Å². The molecule has 1 aromatic carbocycles. The Kier molecular flexibility index (Phi) is 16.5. The Hall–Kier alpha value is -1.84. The van der Waals surface area contributed by atoms with Gasteiger partial charge in [-0.05, 0) is 50.5 Å². The molecule has 0 spiro atoms. The summed E-state index contributed by atoms with van der Waals surface area (Å²) in [6.45, 7) is 6.78. The van der Waals surface area contributed by atoms with Crippen molar-refractivity contribution < 1.29 is 19.1 Å². The van der Waals surface area contributed by atoms with Crippen LogP contribution < -0.4 is 0 Å². The number of unbranched alkanes of at least 4 members (excludes halogenated alkanes) is 12. The van der Waals surface area contributed by atoms with Crippen molar-refractivity contribution in [2.45, 2.75) is 123 Å². The predicted octanol–water partition coefficient (Wildman–Crippen LogP) is 8.28. The lowest BCUT2D eigenvalue weighted by Crippen LogP contribution is -2.15. The molecule has 0 saturated heterocycles. The van der Waals surface area contributed by atoms with Crippen LogP contribution in [0.5, 0.6) is 0 Å². The van der Waals surface area contributed by atoms with Gasteiger partial charge in [-0.25, -0.2) is 9.59 Å². The molecule has 4 heteroatoms. The Labute approximate surface area is 196 Å². The monoisotopic (exact) mass is 446 g/mol. The zero-order valence-corrected chi connectivity index (χ0v) is 20.8. The van der Waals surface area contributed by atoms with E-state index in [0.717, 1.165) is 38.5 Å². The van der Waals surface area contributed by atoms with Crippen LogP contribution in [0, 0.1) is 0 Å². The zero-order chi connectivity index (χ0) is 23.4. The van der Waals surface area contributed by atoms with Crippen molar-refractivity contribution in [2.24, 2.45) is 0 Å². The maximum atomic E-state index is 12.2. The molecule has 0 N–H and O–H groups in total. The fourth-order valence-electron chi connectivity index (χ4n) is 3.75. The summed E-state index contributed by atoms with van der Waals surface area (Å²) in [4.78, 5) is 24.4. The molecule has 0 aliphatic carbocycles. The van der Waals surface area contributed by atoms with E-state index in [0.29, 0.717) is 17.7 Å². The molecular formula is C28H46O4. The van der Waals surface area contributed by atoms with E-state index in [1.54, 1.807) is 24.3 Å². The molecule has 4 nitrogen and oxygen atoms in total. The highest BCUT2D eigenvalue weighted by Gasteiger charge is 2.13. The van der Waals surface area contributed by atoms with E-state index in [1.807, 2.05) is 6.92 Å². The molecule has 0 fully saturated rings. The normalized spacial score (nSPS) is 11.8. The molecule has 0 aliphatic heterocycles. The van der Waals surface area contributed by atoms with Gasteiger partial charge in [-0.3, -0.25) is 0 Å². The van der Waals surface area contributed by atoms with E-state index in [-0.39, 0.29) is 18.0 Å². The van der Waals surface area contributed by atoms with Crippen LogP contribution in [-0.4, -0.2) is 24.6 Å². The molecule has 0 amide bonds. The number of rotatable bonds is 19. The standard InChI is InChI=1S/C28H46O4/c1-4-6-8-9-10-11-12-13-14-15-17-23-31-27(29)25-19-21-26(22-20-25)28(30)32-24(3)18-16-7-5-2/h19-22,24H,4-18,23H2,1-3H3. The third kappa shape index (κ3) is 13.5. The quantitative estimate of drug-likeness (QED) is 0.158. The van der Waals surface area contributed by atoms with Crippen molar-refractivity contribution in [1.82, 2.24) is 0 Å². The summed E-state index contributed by atoms with van der Waals surface area (Å²) in [7, 11) is 0. The van der Waals surface area contributed by atoms with Gasteiger partial charge < -0.3 is 9.47 Å². The van der Waals surface area contributed by atoms with Gasteiger partial charge in [-0.15, -0.1) is 0 Å². The summed E-state index contributed by atoms with van der Waals surface area (Å²) in [6.07, 6.45) is 18.1. The first-order valence-corrected chi connectivity index (χ1v) is 13.1. The van der Waals surface area contributed by atoms with Crippen molar-refractivity contribution in [2.75, 3.05) is 6.61 Å². The SMILES string of the molecule is CCCCCCCCCCCCCOC(=O)c1ccc(C(=O)OC(C)CCCCC)cc1. The molecule has 0 bridgehead atoms. The molecule has 0 saturated carbocycles. The van der Waals surface area contributed by atoms with Crippen LogP contribution in [-0.2, 0) is 9.47 Å². The third-order valence-electron chi connectivity index (χ3n) is 5.86. The molecule has 32 heavy (non-hydrogen) atoms. The topological polar surface area (TPSA) is 52.6 Å². The molecule has 0 aromatic heterocycles. The summed E-state index contributed by atoms with van der Waals surface area (Å²) < 4.78 is 10.9. The molecule has 1 unspecified atom stereocenters. The van der Waals surface area contributed by atoms with Gasteiger partial charge in [0.1, 0.15) is 0 Å². The minimum atomic E-state index is -0.338. The number of benzene rings is 1. The zero-order valence-electron chi connectivity index (χ0n) is 20.8. The van der Waals surface area contributed by atoms with Crippen molar-refractivity contribution in [3.63, 3.8) is 0 Å². The van der Waals surface area contributed by atoms with Crippen molar-refractivity contribution in [3.05, 3.63) is 35.4 Å². The minimum Gasteiger partial charge on any atom is -0.462 e. The molecule has 1 rings (SSSR count). The van der Waals surface area contributed by atoms with Crippen LogP contribution in [0.15, 0.2) is 24.3 Å². The van der Waals surface area contributed by atoms with Crippen molar-refractivity contribution in [3.8, 4) is 0 Å². The van der Waals surface area contributed by atoms with Crippen molar-refractivity contribution in [1.29, 1.82) is 0 Å². The van der Waals surface area contributed by atoms with Crippen LogP contribution >= 0.6 is 0 Å². The fourth-order valence-corrected chi connectivity index (χ4v) is 3.75. The Balaban J connectivity index is 2.14. The lowest BCUT2D eigenvalue weighted by atomic mass is 10.1. The van der Waals surface area contributed by atoms with Crippen molar-refractivity contribution >= 4 is 11.9 Å². The number of hydrogen-bond donors (Lipinski definition) is 0. The molecule has 1 atom stereocenters. The van der Waals surface area contributed by atoms with E-state index in [4.69, 9.17) is 9.47 Å². The lowest BCUT2D eigenvalue weighted by molar-refractivity contribution is 0.0318. The molecule has 182 valence electrons. The van der Waals surface area contributed by atoms with Crippen LogP contribution in [0.3, 0.4) is 0 Å². The number of hydrogen-bond acceptors (Lipinski definition) is 4. The van der Waals surface area contributed by atoms with Gasteiger partial charge in [-0.2, -0.15) is 0 Å². The van der Waals surface area contributed by atoms with Crippen LogP contribution in [0.2, 0.25) is 0 Å².